The Morgan fingerprint density at radius 3 is 3.00 bits per heavy atom. The Bertz CT molecular complexity index is 463. The van der Waals surface area contributed by atoms with Crippen molar-refractivity contribution < 1.29 is 14.3 Å². The van der Waals surface area contributed by atoms with E-state index >= 15 is 0 Å². The molecule has 17 heavy (non-hydrogen) atoms. The standard InChI is InChI=1S/C11H13N3O3/c1-3-17-9(15)6-4-5-8-7-13-10(12)11(14-8)16-2/h7H,3,6H2,1-2H3,(H2,12,13). The molecule has 0 bridgehead atoms. The maximum absolute atomic E-state index is 11.0. The molecule has 1 aromatic heterocycles. The first kappa shape index (κ1) is 12.8. The lowest BCUT2D eigenvalue weighted by Crippen LogP contribution is -2.02. The van der Waals surface area contributed by atoms with Gasteiger partial charge in [0.2, 0.25) is 0 Å². The van der Waals surface area contributed by atoms with Crippen LogP contribution in [0.5, 0.6) is 5.88 Å². The zero-order valence-corrected chi connectivity index (χ0v) is 9.69. The molecule has 0 aliphatic carbocycles. The van der Waals surface area contributed by atoms with Crippen LogP contribution in [0.1, 0.15) is 19.0 Å². The fourth-order valence-electron chi connectivity index (χ4n) is 1.01. The van der Waals surface area contributed by atoms with Crippen molar-refractivity contribution in [2.75, 3.05) is 19.5 Å². The zero-order valence-electron chi connectivity index (χ0n) is 9.69. The number of methoxy groups -OCH3 is 1. The molecule has 1 rings (SSSR count). The van der Waals surface area contributed by atoms with Gasteiger partial charge in [0.05, 0.1) is 19.9 Å². The number of aromatic nitrogens is 2. The summed E-state index contributed by atoms with van der Waals surface area (Å²) in [5.74, 6) is 5.36. The normalized spacial score (nSPS) is 9.06. The lowest BCUT2D eigenvalue weighted by molar-refractivity contribution is -0.141. The summed E-state index contributed by atoms with van der Waals surface area (Å²) in [6, 6.07) is 0. The first-order valence-electron chi connectivity index (χ1n) is 4.98. The smallest absolute Gasteiger partial charge is 0.317 e. The lowest BCUT2D eigenvalue weighted by Gasteiger charge is -2.00. The molecule has 0 spiro atoms. The van der Waals surface area contributed by atoms with E-state index in [4.69, 9.17) is 15.2 Å². The van der Waals surface area contributed by atoms with Gasteiger partial charge in [-0.1, -0.05) is 5.92 Å². The van der Waals surface area contributed by atoms with Crippen molar-refractivity contribution in [3.63, 3.8) is 0 Å². The summed E-state index contributed by atoms with van der Waals surface area (Å²) in [5, 5.41) is 0. The highest BCUT2D eigenvalue weighted by atomic mass is 16.5. The van der Waals surface area contributed by atoms with Crippen LogP contribution in [0, 0.1) is 11.8 Å². The van der Waals surface area contributed by atoms with Crippen LogP contribution >= 0.6 is 0 Å². The van der Waals surface area contributed by atoms with E-state index in [-0.39, 0.29) is 24.1 Å². The second-order valence-electron chi connectivity index (χ2n) is 2.93. The number of nitrogens with two attached hydrogens (primary N) is 1. The summed E-state index contributed by atoms with van der Waals surface area (Å²) in [6.45, 7) is 2.08. The van der Waals surface area contributed by atoms with Gasteiger partial charge in [-0.05, 0) is 12.8 Å². The number of nitrogen functional groups attached to an aromatic ring is 1. The van der Waals surface area contributed by atoms with E-state index in [9.17, 15) is 4.79 Å². The van der Waals surface area contributed by atoms with Gasteiger partial charge in [0, 0.05) is 0 Å². The third-order valence-electron chi connectivity index (χ3n) is 1.71. The van der Waals surface area contributed by atoms with Gasteiger partial charge in [0.15, 0.2) is 5.82 Å². The molecule has 0 unspecified atom stereocenters. The summed E-state index contributed by atoms with van der Waals surface area (Å²) < 4.78 is 9.62. The third-order valence-corrected chi connectivity index (χ3v) is 1.71. The second kappa shape index (κ2) is 6.33. The number of ether oxygens (including phenoxy) is 2. The summed E-state index contributed by atoms with van der Waals surface area (Å²) in [7, 11) is 1.44. The first-order valence-corrected chi connectivity index (χ1v) is 4.98. The van der Waals surface area contributed by atoms with Crippen molar-refractivity contribution in [1.29, 1.82) is 0 Å². The van der Waals surface area contributed by atoms with Crippen molar-refractivity contribution >= 4 is 11.8 Å². The van der Waals surface area contributed by atoms with E-state index in [1.165, 1.54) is 13.3 Å². The molecule has 6 nitrogen and oxygen atoms in total. The molecule has 6 heteroatoms. The van der Waals surface area contributed by atoms with Gasteiger partial charge in [-0.15, -0.1) is 0 Å². The Hall–Kier alpha value is -2.29. The van der Waals surface area contributed by atoms with Crippen LogP contribution in [-0.4, -0.2) is 29.7 Å². The Morgan fingerprint density at radius 1 is 1.59 bits per heavy atom. The Balaban J connectivity index is 2.69. The van der Waals surface area contributed by atoms with Crippen LogP contribution in [0.25, 0.3) is 0 Å². The number of hydrogen-bond donors (Lipinski definition) is 1. The molecule has 0 radical (unpaired) electrons. The number of esters is 1. The monoisotopic (exact) mass is 235 g/mol. The quantitative estimate of drug-likeness (QED) is 0.601. The minimum atomic E-state index is -0.365. The minimum absolute atomic E-state index is 0.0161. The van der Waals surface area contributed by atoms with E-state index in [1.54, 1.807) is 6.92 Å². The lowest BCUT2D eigenvalue weighted by atomic mass is 10.4. The number of carbonyl (C=O) groups is 1. The van der Waals surface area contributed by atoms with E-state index < -0.39 is 0 Å². The van der Waals surface area contributed by atoms with Crippen LogP contribution in [0.3, 0.4) is 0 Å². The number of nitrogens with zero attached hydrogens (tertiary/aromatic N) is 2. The Labute approximate surface area is 99.2 Å². The highest BCUT2D eigenvalue weighted by Crippen LogP contribution is 2.13. The van der Waals surface area contributed by atoms with E-state index in [1.807, 2.05) is 0 Å². The van der Waals surface area contributed by atoms with Crippen molar-refractivity contribution in [2.45, 2.75) is 13.3 Å². The van der Waals surface area contributed by atoms with E-state index in [0.717, 1.165) is 0 Å². The average Bonchev–Trinajstić information content (AvgIpc) is 2.31. The van der Waals surface area contributed by atoms with Gasteiger partial charge in [0.1, 0.15) is 12.1 Å². The van der Waals surface area contributed by atoms with Crippen LogP contribution in [0.4, 0.5) is 5.82 Å². The summed E-state index contributed by atoms with van der Waals surface area (Å²) in [5.41, 5.74) is 5.88. The number of rotatable bonds is 3. The largest absolute Gasteiger partial charge is 0.478 e. The molecule has 0 aliphatic heterocycles. The maximum Gasteiger partial charge on any atom is 0.317 e. The Morgan fingerprint density at radius 2 is 2.35 bits per heavy atom. The molecule has 1 aromatic rings. The van der Waals surface area contributed by atoms with Gasteiger partial charge in [-0.2, -0.15) is 4.98 Å². The zero-order chi connectivity index (χ0) is 12.7. The first-order chi connectivity index (χ1) is 8.17. The molecule has 1 heterocycles. The van der Waals surface area contributed by atoms with Crippen LogP contribution < -0.4 is 10.5 Å². The number of anilines is 1. The molecular weight excluding hydrogens is 222 g/mol. The van der Waals surface area contributed by atoms with Crippen LogP contribution in [0.15, 0.2) is 6.20 Å². The molecule has 0 amide bonds. The van der Waals surface area contributed by atoms with E-state index in [0.29, 0.717) is 12.3 Å². The summed E-state index contributed by atoms with van der Waals surface area (Å²) in [6.07, 6.45) is 1.43. The van der Waals surface area contributed by atoms with Gasteiger partial charge in [0.25, 0.3) is 5.88 Å². The molecule has 0 saturated heterocycles. The van der Waals surface area contributed by atoms with E-state index in [2.05, 4.69) is 21.8 Å². The van der Waals surface area contributed by atoms with Crippen LogP contribution in [0.2, 0.25) is 0 Å². The highest BCUT2D eigenvalue weighted by molar-refractivity contribution is 5.72. The molecule has 90 valence electrons. The fourth-order valence-corrected chi connectivity index (χ4v) is 1.01. The molecule has 0 atom stereocenters. The minimum Gasteiger partial charge on any atom is -0.478 e. The highest BCUT2D eigenvalue weighted by Gasteiger charge is 2.02. The average molecular weight is 235 g/mol. The molecule has 2 N–H and O–H groups in total. The molecule has 0 fully saturated rings. The summed E-state index contributed by atoms with van der Waals surface area (Å²) in [4.78, 5) is 18.9. The van der Waals surface area contributed by atoms with Crippen molar-refractivity contribution in [3.05, 3.63) is 11.9 Å². The van der Waals surface area contributed by atoms with Gasteiger partial charge in [-0.25, -0.2) is 4.98 Å². The van der Waals surface area contributed by atoms with Crippen molar-refractivity contribution in [3.8, 4) is 17.7 Å². The summed E-state index contributed by atoms with van der Waals surface area (Å²) >= 11 is 0. The maximum atomic E-state index is 11.0. The fraction of sp³-hybridized carbons (Fsp3) is 0.364. The SMILES string of the molecule is CCOC(=O)CC#Cc1cnc(N)c(OC)n1. The predicted molar refractivity (Wildman–Crippen MR) is 61.1 cm³/mol. The molecule has 0 aliphatic rings. The topological polar surface area (TPSA) is 87.3 Å². The molecule has 0 saturated carbocycles. The molecular formula is C11H13N3O3. The number of carbonyl (C=O) groups excluding carboxylic acids is 1. The second-order valence-corrected chi connectivity index (χ2v) is 2.93. The van der Waals surface area contributed by atoms with Gasteiger partial charge in [-0.3, -0.25) is 4.79 Å². The van der Waals surface area contributed by atoms with Gasteiger partial charge < -0.3 is 15.2 Å². The predicted octanol–water partition coefficient (Wildman–Crippen LogP) is 0.372. The number of hydrogen-bond acceptors (Lipinski definition) is 6. The third kappa shape index (κ3) is 3.99. The van der Waals surface area contributed by atoms with Crippen LogP contribution in [-0.2, 0) is 9.53 Å². The van der Waals surface area contributed by atoms with Crippen molar-refractivity contribution in [2.24, 2.45) is 0 Å². The van der Waals surface area contributed by atoms with Crippen molar-refractivity contribution in [1.82, 2.24) is 9.97 Å². The Kier molecular flexibility index (Phi) is 4.76. The molecule has 0 aromatic carbocycles. The van der Waals surface area contributed by atoms with Gasteiger partial charge >= 0.3 is 5.97 Å².